The smallest absolute Gasteiger partial charge is 0.333 e. The number of piperazine rings is 1. The Labute approximate surface area is 399 Å². The lowest BCUT2D eigenvalue weighted by Gasteiger charge is -2.65. The number of nitrogens with zero attached hydrogens (tertiary/aromatic N) is 2. The van der Waals surface area contributed by atoms with E-state index in [1.807, 2.05) is 30.2 Å². The van der Waals surface area contributed by atoms with E-state index in [9.17, 15) is 14.4 Å². The van der Waals surface area contributed by atoms with E-state index in [0.717, 1.165) is 41.2 Å². The van der Waals surface area contributed by atoms with Crippen molar-refractivity contribution in [3.8, 4) is 17.2 Å². The SMILES string of the molecule is COC(=O)/C(C)=C\CC12OC(C)(C)C3CC(C1=O)C1Sc4ccccc4NC4c5c(OC(=O)CCC(=O)N6CCN(C)CC6)c6c(c(CC=C(C)C)c5OC32C41)OC(C)(CCC=C(C)C)C=C6. The maximum atomic E-state index is 15.7. The van der Waals surface area contributed by atoms with E-state index in [4.69, 9.17) is 23.7 Å². The van der Waals surface area contributed by atoms with Crippen LogP contribution < -0.4 is 19.5 Å². The van der Waals surface area contributed by atoms with Crippen molar-refractivity contribution in [1.82, 2.24) is 9.80 Å². The maximum Gasteiger partial charge on any atom is 0.333 e. The van der Waals surface area contributed by atoms with Crippen molar-refractivity contribution < 1.29 is 42.9 Å². The first-order valence-corrected chi connectivity index (χ1v) is 25.0. The average Bonchev–Trinajstić information content (AvgIpc) is 3.36. The summed E-state index contributed by atoms with van der Waals surface area (Å²) in [4.78, 5) is 61.6. The Balaban J connectivity index is 1.28. The summed E-state index contributed by atoms with van der Waals surface area (Å²) in [7, 11) is 3.40. The first kappa shape index (κ1) is 47.2. The van der Waals surface area contributed by atoms with Crippen LogP contribution in [0, 0.1) is 17.8 Å². The van der Waals surface area contributed by atoms with Crippen LogP contribution in [0.15, 0.2) is 70.2 Å². The Morgan fingerprint density at radius 3 is 2.39 bits per heavy atom. The lowest BCUT2D eigenvalue weighted by Crippen LogP contribution is -2.79. The molecule has 0 radical (unpaired) electrons. The average molecular weight is 934 g/mol. The molecule has 8 atom stereocenters. The largest absolute Gasteiger partial charge is 0.482 e. The summed E-state index contributed by atoms with van der Waals surface area (Å²) in [5, 5.41) is 3.76. The molecule has 5 fully saturated rings. The topological polar surface area (TPSA) is 133 Å². The zero-order valence-electron chi connectivity index (χ0n) is 40.8. The summed E-state index contributed by atoms with van der Waals surface area (Å²) in [6.07, 6.45) is 12.8. The maximum absolute atomic E-state index is 15.7. The summed E-state index contributed by atoms with van der Waals surface area (Å²) < 4.78 is 34.4. The molecule has 10 rings (SSSR count). The van der Waals surface area contributed by atoms with Gasteiger partial charge in [0.15, 0.2) is 22.7 Å². The number of anilines is 1. The van der Waals surface area contributed by atoms with Crippen LogP contribution in [-0.2, 0) is 35.1 Å². The van der Waals surface area contributed by atoms with Crippen LogP contribution in [0.5, 0.6) is 17.2 Å². The van der Waals surface area contributed by atoms with Crippen molar-refractivity contribution >= 4 is 47.2 Å². The molecule has 2 saturated heterocycles. The van der Waals surface area contributed by atoms with Gasteiger partial charge in [-0.3, -0.25) is 14.4 Å². The van der Waals surface area contributed by atoms with Crippen LogP contribution in [0.25, 0.3) is 6.08 Å². The molecule has 67 heavy (non-hydrogen) atoms. The first-order chi connectivity index (χ1) is 31.8. The van der Waals surface area contributed by atoms with Gasteiger partial charge in [-0.2, -0.15) is 0 Å². The number of thioether (sulfide) groups is 1. The number of hydrogen-bond acceptors (Lipinski definition) is 12. The first-order valence-electron chi connectivity index (χ1n) is 24.1. The number of ketones is 1. The highest BCUT2D eigenvalue weighted by Crippen LogP contribution is 2.75. The van der Waals surface area contributed by atoms with E-state index in [2.05, 4.69) is 89.0 Å². The molecule has 0 aromatic heterocycles. The molecule has 4 bridgehead atoms. The molecule has 2 aromatic rings. The number of allylic oxidation sites excluding steroid dienone is 4. The third kappa shape index (κ3) is 7.94. The number of fused-ring (bicyclic) bond motifs is 4. The Kier molecular flexibility index (Phi) is 12.4. The number of Topliss-reactive ketones (excluding diaryl/α,β-unsaturated/α-hetero) is 1. The van der Waals surface area contributed by atoms with Gasteiger partial charge in [0, 0.05) is 83.7 Å². The molecule has 2 aromatic carbocycles. The number of carbonyl (C=O) groups excluding carboxylic acids is 4. The summed E-state index contributed by atoms with van der Waals surface area (Å²) in [5.41, 5.74) is 1.45. The second-order valence-corrected chi connectivity index (χ2v) is 22.2. The molecule has 8 unspecified atom stereocenters. The second-order valence-electron chi connectivity index (χ2n) is 21.0. The summed E-state index contributed by atoms with van der Waals surface area (Å²) in [6.45, 7) is 19.0. The predicted octanol–water partition coefficient (Wildman–Crippen LogP) is 9.22. The van der Waals surface area contributed by atoms with Crippen LogP contribution in [-0.4, -0.2) is 101 Å². The van der Waals surface area contributed by atoms with E-state index >= 15 is 4.79 Å². The van der Waals surface area contributed by atoms with E-state index in [1.54, 1.807) is 24.8 Å². The highest BCUT2D eigenvalue weighted by molar-refractivity contribution is 8.00. The van der Waals surface area contributed by atoms with Gasteiger partial charge in [0.1, 0.15) is 17.1 Å². The van der Waals surface area contributed by atoms with Gasteiger partial charge in [0.05, 0.1) is 36.3 Å². The summed E-state index contributed by atoms with van der Waals surface area (Å²) >= 11 is 1.71. The molecule has 358 valence electrons. The van der Waals surface area contributed by atoms with Gasteiger partial charge in [0.2, 0.25) is 5.91 Å². The lowest BCUT2D eigenvalue weighted by molar-refractivity contribution is -0.208. The number of ether oxygens (including phenoxy) is 5. The number of amides is 1. The van der Waals surface area contributed by atoms with Gasteiger partial charge in [0.25, 0.3) is 0 Å². The Bertz CT molecular complexity index is 2510. The van der Waals surface area contributed by atoms with E-state index in [1.165, 1.54) is 12.7 Å². The number of benzene rings is 2. The lowest BCUT2D eigenvalue weighted by atomic mass is 9.45. The van der Waals surface area contributed by atoms with Gasteiger partial charge in [-0.15, -0.1) is 11.8 Å². The van der Waals surface area contributed by atoms with Crippen molar-refractivity contribution in [1.29, 1.82) is 0 Å². The molecule has 1 spiro atoms. The van der Waals surface area contributed by atoms with Gasteiger partial charge < -0.3 is 38.8 Å². The molecule has 13 heteroatoms. The fourth-order valence-corrected chi connectivity index (χ4v) is 13.8. The zero-order valence-corrected chi connectivity index (χ0v) is 41.7. The van der Waals surface area contributed by atoms with E-state index in [0.29, 0.717) is 66.3 Å². The van der Waals surface area contributed by atoms with Crippen LogP contribution in [0.2, 0.25) is 0 Å². The van der Waals surface area contributed by atoms with E-state index in [-0.39, 0.29) is 48.0 Å². The van der Waals surface area contributed by atoms with Crippen molar-refractivity contribution in [2.45, 2.75) is 139 Å². The molecule has 1 amide bonds. The standard InChI is InChI=1S/C54H67N3O9S/c1-31(2)14-13-23-52(8)24-22-35-45(64-52)34(18-17-32(3)4)47-42(46(35)63-41(59)20-19-40(58)57-28-26-56(9)27-29-57)44-43-48(67-38-16-12-11-15-37(38)55-44)36-30-39-51(6,7)66-53(49(36)60,54(39,43)65-47)25-21-33(5)50(61)62-10/h11-12,14-17,21-22,24,36,39,43-44,48,55H,13,18-20,23,25-30H2,1-10H3/b33-21-. The van der Waals surface area contributed by atoms with E-state index < -0.39 is 46.3 Å². The zero-order chi connectivity index (χ0) is 47.8. The number of rotatable bonds is 12. The minimum absolute atomic E-state index is 0.0231. The molecular weight excluding hydrogens is 867 g/mol. The molecule has 5 aliphatic heterocycles. The normalized spacial score (nSPS) is 30.5. The number of esters is 2. The Hall–Kier alpha value is -4.85. The Morgan fingerprint density at radius 1 is 0.940 bits per heavy atom. The molecule has 8 aliphatic rings. The molecule has 5 heterocycles. The second kappa shape index (κ2) is 17.6. The third-order valence-electron chi connectivity index (χ3n) is 15.5. The monoisotopic (exact) mass is 933 g/mol. The molecule has 3 saturated carbocycles. The van der Waals surface area contributed by atoms with Crippen LogP contribution >= 0.6 is 11.8 Å². The fraction of sp³-hybridized carbons (Fsp3) is 0.556. The van der Waals surface area contributed by atoms with Crippen molar-refractivity contribution in [3.63, 3.8) is 0 Å². The highest BCUT2D eigenvalue weighted by atomic mass is 32.2. The van der Waals surface area contributed by atoms with Crippen molar-refractivity contribution in [2.24, 2.45) is 17.8 Å². The number of methoxy groups -OCH3 is 1. The Morgan fingerprint density at radius 2 is 1.67 bits per heavy atom. The number of nitrogens with one attached hydrogen (secondary N) is 1. The minimum Gasteiger partial charge on any atom is -0.482 e. The van der Waals surface area contributed by atoms with Crippen LogP contribution in [0.4, 0.5) is 5.69 Å². The van der Waals surface area contributed by atoms with Crippen LogP contribution in [0.1, 0.15) is 117 Å². The van der Waals surface area contributed by atoms with Gasteiger partial charge >= 0.3 is 11.9 Å². The van der Waals surface area contributed by atoms with Gasteiger partial charge in [-0.05, 0) is 112 Å². The predicted molar refractivity (Wildman–Crippen MR) is 259 cm³/mol. The molecule has 12 nitrogen and oxygen atoms in total. The molecule has 3 aliphatic carbocycles. The number of para-hydroxylation sites is 1. The minimum atomic E-state index is -1.49. The molecule has 1 N–H and O–H groups in total. The fourth-order valence-electron chi connectivity index (χ4n) is 12.2. The third-order valence-corrected chi connectivity index (χ3v) is 17.0. The number of likely N-dealkylation sites (N-methyl/N-ethyl adjacent to an activating group) is 1. The molecular formula is C54H67N3O9S. The number of hydrogen-bond donors (Lipinski definition) is 1. The highest BCUT2D eigenvalue weighted by Gasteiger charge is 2.85. The van der Waals surface area contributed by atoms with Gasteiger partial charge in [-0.1, -0.05) is 41.5 Å². The summed E-state index contributed by atoms with van der Waals surface area (Å²) in [6, 6.07) is 7.64. The van der Waals surface area contributed by atoms with Crippen molar-refractivity contribution in [2.75, 3.05) is 45.7 Å². The van der Waals surface area contributed by atoms with Crippen molar-refractivity contribution in [3.05, 3.63) is 82.0 Å². The summed E-state index contributed by atoms with van der Waals surface area (Å²) in [5.74, 6) is -0.751. The van der Waals surface area contributed by atoms with Crippen LogP contribution in [0.3, 0.4) is 0 Å². The quantitative estimate of drug-likeness (QED) is 0.0942. The number of carbonyl (C=O) groups is 4. The van der Waals surface area contributed by atoms with Gasteiger partial charge in [-0.25, -0.2) is 4.79 Å².